The molecular formula is C20H22N2O8. The average Bonchev–Trinajstić information content (AvgIpc) is 2.73. The number of benzene rings is 2. The average molecular weight is 418 g/mol. The molecule has 2 aromatic carbocycles. The Bertz CT molecular complexity index is 869. The summed E-state index contributed by atoms with van der Waals surface area (Å²) in [6.07, 6.45) is -2.93. The van der Waals surface area contributed by atoms with E-state index in [0.717, 1.165) is 17.1 Å². The summed E-state index contributed by atoms with van der Waals surface area (Å²) in [4.78, 5) is 19.5. The van der Waals surface area contributed by atoms with Crippen molar-refractivity contribution in [3.8, 4) is 11.5 Å². The van der Waals surface area contributed by atoms with E-state index in [2.05, 4.69) is 0 Å². The molecule has 2 atom stereocenters. The third-order valence-corrected chi connectivity index (χ3v) is 3.80. The number of ether oxygens (including phenoxy) is 2. The number of aliphatic carboxylic acids is 2. The smallest absolute Gasteiger partial charge is 0.335 e. The number of carbonyl (C=O) groups is 2. The molecule has 2 unspecified atom stereocenters. The van der Waals surface area contributed by atoms with Gasteiger partial charge in [-0.15, -0.1) is 0 Å². The molecule has 0 radical (unpaired) electrons. The summed E-state index contributed by atoms with van der Waals surface area (Å²) in [5.41, 5.74) is 1.16. The molecule has 1 aliphatic heterocycles. The fourth-order valence-corrected chi connectivity index (χ4v) is 2.34. The highest BCUT2D eigenvalue weighted by atomic mass is 16.6. The Hall–Kier alpha value is -3.44. The Morgan fingerprint density at radius 3 is 1.97 bits per heavy atom. The van der Waals surface area contributed by atoms with Crippen LogP contribution in [-0.2, 0) is 16.1 Å². The van der Waals surface area contributed by atoms with E-state index >= 15 is 0 Å². The first-order chi connectivity index (χ1) is 14.3. The number of aliphatic hydroxyl groups excluding tert-OH is 2. The van der Waals surface area contributed by atoms with Crippen molar-refractivity contribution in [1.29, 1.82) is 0 Å². The normalized spacial score (nSPS) is 14.1. The first kappa shape index (κ1) is 22.8. The van der Waals surface area contributed by atoms with E-state index in [9.17, 15) is 9.59 Å². The number of hydrogen-bond acceptors (Lipinski definition) is 8. The number of nitrogens with two attached hydrogens (primary N) is 1. The van der Waals surface area contributed by atoms with Crippen molar-refractivity contribution in [2.24, 2.45) is 5.84 Å². The Morgan fingerprint density at radius 1 is 0.867 bits per heavy atom. The summed E-state index contributed by atoms with van der Waals surface area (Å²) in [5, 5.41) is 34.2. The number of carboxylic acids is 2. The van der Waals surface area contributed by atoms with E-state index in [1.54, 1.807) is 11.3 Å². The summed E-state index contributed by atoms with van der Waals surface area (Å²) >= 11 is 0. The molecule has 0 amide bonds. The van der Waals surface area contributed by atoms with E-state index in [-0.39, 0.29) is 0 Å². The molecule has 10 heteroatoms. The van der Waals surface area contributed by atoms with Gasteiger partial charge in [0.2, 0.25) is 0 Å². The molecule has 1 heterocycles. The van der Waals surface area contributed by atoms with Gasteiger partial charge < -0.3 is 29.9 Å². The number of hydrogen-bond donors (Lipinski definition) is 5. The molecule has 0 aromatic heterocycles. The predicted molar refractivity (Wildman–Crippen MR) is 104 cm³/mol. The number of para-hydroxylation sites is 2. The molecular weight excluding hydrogens is 396 g/mol. The van der Waals surface area contributed by atoms with Crippen LogP contribution < -0.4 is 15.3 Å². The number of carboxylic acid groups (broad SMARTS) is 2. The highest BCUT2D eigenvalue weighted by Gasteiger charge is 2.29. The molecule has 0 aliphatic carbocycles. The molecule has 0 spiro atoms. The lowest BCUT2D eigenvalue weighted by atomic mass is 10.2. The second-order valence-corrected chi connectivity index (χ2v) is 6.21. The molecule has 1 aliphatic rings. The lowest BCUT2D eigenvalue weighted by Gasteiger charge is -2.22. The van der Waals surface area contributed by atoms with Crippen molar-refractivity contribution in [2.75, 3.05) is 6.54 Å². The van der Waals surface area contributed by atoms with Gasteiger partial charge in [0.15, 0.2) is 29.5 Å². The lowest BCUT2D eigenvalue weighted by Crippen LogP contribution is -2.39. The fraction of sp³-hybridized carbons (Fsp3) is 0.200. The minimum Gasteiger partial charge on any atom is -0.479 e. The number of rotatable bonds is 7. The van der Waals surface area contributed by atoms with E-state index in [1.165, 1.54) is 0 Å². The molecule has 6 N–H and O–H groups in total. The minimum atomic E-state index is -2.27. The number of aliphatic hydroxyl groups is 2. The Kier molecular flexibility index (Phi) is 8.32. The van der Waals surface area contributed by atoms with Crippen LogP contribution in [0.15, 0.2) is 66.6 Å². The third-order valence-electron chi connectivity index (χ3n) is 3.80. The minimum absolute atomic E-state index is 0.489. The van der Waals surface area contributed by atoms with Crippen molar-refractivity contribution < 1.29 is 39.5 Å². The topological polar surface area (TPSA) is 163 Å². The number of nitrogens with zero attached hydrogens (tertiary/aromatic N) is 1. The zero-order valence-corrected chi connectivity index (χ0v) is 15.8. The van der Waals surface area contributed by atoms with Crippen LogP contribution in [0.5, 0.6) is 11.5 Å². The largest absolute Gasteiger partial charge is 0.479 e. The molecule has 30 heavy (non-hydrogen) atoms. The van der Waals surface area contributed by atoms with Crippen LogP contribution in [0.2, 0.25) is 0 Å². The van der Waals surface area contributed by atoms with Crippen molar-refractivity contribution in [3.05, 3.63) is 72.2 Å². The van der Waals surface area contributed by atoms with Gasteiger partial charge in [-0.2, -0.15) is 0 Å². The van der Waals surface area contributed by atoms with Gasteiger partial charge in [-0.25, -0.2) is 14.6 Å². The first-order valence-electron chi connectivity index (χ1n) is 8.76. The summed E-state index contributed by atoms with van der Waals surface area (Å²) in [6.45, 7) is 1.15. The summed E-state index contributed by atoms with van der Waals surface area (Å²) in [7, 11) is 0. The third kappa shape index (κ3) is 6.87. The number of hydrazine groups is 1. The predicted octanol–water partition coefficient (Wildman–Crippen LogP) is 0.552. The zero-order chi connectivity index (χ0) is 22.1. The van der Waals surface area contributed by atoms with Crippen LogP contribution in [-0.4, -0.2) is 56.1 Å². The van der Waals surface area contributed by atoms with Gasteiger partial charge >= 0.3 is 11.9 Å². The van der Waals surface area contributed by atoms with Gasteiger partial charge in [0.25, 0.3) is 0 Å². The van der Waals surface area contributed by atoms with Crippen molar-refractivity contribution >= 4 is 11.9 Å². The van der Waals surface area contributed by atoms with Crippen LogP contribution in [0.1, 0.15) is 5.56 Å². The van der Waals surface area contributed by atoms with Gasteiger partial charge in [0, 0.05) is 6.54 Å². The summed E-state index contributed by atoms with van der Waals surface area (Å²) < 4.78 is 11.3. The van der Waals surface area contributed by atoms with Crippen LogP contribution in [0, 0.1) is 0 Å². The summed E-state index contributed by atoms with van der Waals surface area (Å²) in [6, 6.07) is 17.6. The van der Waals surface area contributed by atoms with Crippen molar-refractivity contribution in [1.82, 2.24) is 5.01 Å². The molecule has 0 fully saturated rings. The maximum absolute atomic E-state index is 9.77. The molecule has 0 saturated carbocycles. The Balaban J connectivity index is 0.000000274. The molecule has 0 bridgehead atoms. The molecule has 2 aromatic rings. The fourth-order valence-electron chi connectivity index (χ4n) is 2.34. The van der Waals surface area contributed by atoms with E-state index in [4.69, 9.17) is 35.7 Å². The van der Waals surface area contributed by atoms with E-state index < -0.39 is 24.1 Å². The van der Waals surface area contributed by atoms with Crippen LogP contribution in [0.4, 0.5) is 0 Å². The molecule has 3 rings (SSSR count). The van der Waals surface area contributed by atoms with Gasteiger partial charge in [-0.1, -0.05) is 42.5 Å². The standard InChI is InChI=1S/C16H16N2O2.C4H6O6/c17-18(10-13-6-2-1-3-7-13)11-14-12-19-15-8-4-5-9-16(15)20-14;5-1(3(7)8)2(6)4(9)10/h1-9,12H,10-11,17H2;1-2,5-6H,(H,7,8)(H,9,10). The number of fused-ring (bicyclic) bond motifs is 1. The van der Waals surface area contributed by atoms with Gasteiger partial charge in [0.1, 0.15) is 6.26 Å². The maximum atomic E-state index is 9.77. The van der Waals surface area contributed by atoms with Crippen LogP contribution in [0.3, 0.4) is 0 Å². The van der Waals surface area contributed by atoms with Crippen molar-refractivity contribution in [3.63, 3.8) is 0 Å². The van der Waals surface area contributed by atoms with Gasteiger partial charge in [-0.05, 0) is 17.7 Å². The van der Waals surface area contributed by atoms with E-state index in [1.807, 2.05) is 54.6 Å². The van der Waals surface area contributed by atoms with Crippen LogP contribution >= 0.6 is 0 Å². The summed E-state index contributed by atoms with van der Waals surface area (Å²) in [5.74, 6) is 4.62. The molecule has 160 valence electrons. The van der Waals surface area contributed by atoms with Crippen LogP contribution in [0.25, 0.3) is 0 Å². The quantitative estimate of drug-likeness (QED) is 0.317. The highest BCUT2D eigenvalue weighted by molar-refractivity contribution is 5.83. The lowest BCUT2D eigenvalue weighted by molar-refractivity contribution is -0.165. The maximum Gasteiger partial charge on any atom is 0.335 e. The Morgan fingerprint density at radius 2 is 1.40 bits per heavy atom. The second kappa shape index (κ2) is 10.9. The monoisotopic (exact) mass is 418 g/mol. The zero-order valence-electron chi connectivity index (χ0n) is 15.8. The molecule has 10 nitrogen and oxygen atoms in total. The Labute approximate surface area is 172 Å². The van der Waals surface area contributed by atoms with E-state index in [0.29, 0.717) is 18.8 Å². The first-order valence-corrected chi connectivity index (χ1v) is 8.76. The second-order valence-electron chi connectivity index (χ2n) is 6.21. The highest BCUT2D eigenvalue weighted by Crippen LogP contribution is 2.31. The van der Waals surface area contributed by atoms with Gasteiger partial charge in [-0.3, -0.25) is 5.84 Å². The molecule has 0 saturated heterocycles. The van der Waals surface area contributed by atoms with Gasteiger partial charge in [0.05, 0.1) is 6.54 Å². The SMILES string of the molecule is NN(CC1=COc2ccccc2O1)Cc1ccccc1.O=C(O)C(O)C(O)C(=O)O. The van der Waals surface area contributed by atoms with Crippen molar-refractivity contribution in [2.45, 2.75) is 18.8 Å².